The number of aryl methyl sites for hydroxylation is 2. The van der Waals surface area contributed by atoms with Crippen LogP contribution in [0, 0.1) is 13.8 Å². The molecular weight excluding hydrogens is 320 g/mol. The summed E-state index contributed by atoms with van der Waals surface area (Å²) in [6, 6.07) is 5.55. The molecular formula is C17H14N6O2. The SMILES string of the molecule is Cc1cc(C)cc(-n2c(=O)[nH]c3nc(-n4ccnc4)ncc3c2=O)c1. The highest BCUT2D eigenvalue weighted by molar-refractivity contribution is 5.73. The van der Waals surface area contributed by atoms with Gasteiger partial charge in [-0.2, -0.15) is 4.98 Å². The van der Waals surface area contributed by atoms with Crippen molar-refractivity contribution >= 4 is 11.0 Å². The summed E-state index contributed by atoms with van der Waals surface area (Å²) >= 11 is 0. The van der Waals surface area contributed by atoms with Crippen molar-refractivity contribution in [3.63, 3.8) is 0 Å². The van der Waals surface area contributed by atoms with E-state index >= 15 is 0 Å². The van der Waals surface area contributed by atoms with E-state index in [-0.39, 0.29) is 11.0 Å². The van der Waals surface area contributed by atoms with Crippen LogP contribution in [0.25, 0.3) is 22.7 Å². The fourth-order valence-electron chi connectivity index (χ4n) is 2.81. The van der Waals surface area contributed by atoms with Crippen molar-refractivity contribution in [1.29, 1.82) is 0 Å². The average molecular weight is 334 g/mol. The van der Waals surface area contributed by atoms with E-state index in [9.17, 15) is 9.59 Å². The van der Waals surface area contributed by atoms with E-state index in [0.29, 0.717) is 11.6 Å². The number of aromatic nitrogens is 6. The molecule has 3 aromatic heterocycles. The number of hydrogen-bond donors (Lipinski definition) is 1. The Kier molecular flexibility index (Phi) is 3.31. The van der Waals surface area contributed by atoms with E-state index in [1.54, 1.807) is 29.1 Å². The molecule has 1 aromatic carbocycles. The molecule has 0 aliphatic carbocycles. The zero-order valence-corrected chi connectivity index (χ0v) is 13.6. The van der Waals surface area contributed by atoms with E-state index in [2.05, 4.69) is 19.9 Å². The first-order valence-electron chi connectivity index (χ1n) is 7.62. The number of benzene rings is 1. The topological polar surface area (TPSA) is 98.5 Å². The highest BCUT2D eigenvalue weighted by Crippen LogP contribution is 2.12. The molecule has 0 fully saturated rings. The Balaban J connectivity index is 1.98. The second-order valence-electron chi connectivity index (χ2n) is 5.82. The third-order valence-corrected chi connectivity index (χ3v) is 3.84. The van der Waals surface area contributed by atoms with Gasteiger partial charge in [0.25, 0.3) is 5.56 Å². The summed E-state index contributed by atoms with van der Waals surface area (Å²) in [7, 11) is 0. The van der Waals surface area contributed by atoms with Gasteiger partial charge in [-0.1, -0.05) is 6.07 Å². The maximum Gasteiger partial charge on any atom is 0.334 e. The van der Waals surface area contributed by atoms with E-state index in [1.807, 2.05) is 19.9 Å². The predicted octanol–water partition coefficient (Wildman–Crippen LogP) is 1.27. The summed E-state index contributed by atoms with van der Waals surface area (Å²) in [5.41, 5.74) is 1.64. The van der Waals surface area contributed by atoms with E-state index in [1.165, 1.54) is 12.5 Å². The molecule has 8 heteroatoms. The van der Waals surface area contributed by atoms with Gasteiger partial charge in [0.15, 0.2) is 5.65 Å². The maximum absolute atomic E-state index is 12.8. The van der Waals surface area contributed by atoms with E-state index in [4.69, 9.17) is 0 Å². The monoisotopic (exact) mass is 334 g/mol. The number of imidazole rings is 1. The summed E-state index contributed by atoms with van der Waals surface area (Å²) in [5.74, 6) is 0.323. The molecule has 4 aromatic rings. The molecule has 8 nitrogen and oxygen atoms in total. The van der Waals surface area contributed by atoms with Crippen LogP contribution in [-0.2, 0) is 0 Å². The Hall–Kier alpha value is -3.55. The Morgan fingerprint density at radius 2 is 1.84 bits per heavy atom. The predicted molar refractivity (Wildman–Crippen MR) is 92.4 cm³/mol. The van der Waals surface area contributed by atoms with Crippen LogP contribution < -0.4 is 11.2 Å². The van der Waals surface area contributed by atoms with Gasteiger partial charge in [-0.15, -0.1) is 0 Å². The van der Waals surface area contributed by atoms with Crippen molar-refractivity contribution in [2.24, 2.45) is 0 Å². The van der Waals surface area contributed by atoms with Crippen molar-refractivity contribution in [2.45, 2.75) is 13.8 Å². The highest BCUT2D eigenvalue weighted by atomic mass is 16.2. The van der Waals surface area contributed by atoms with Gasteiger partial charge in [0.05, 0.1) is 5.69 Å². The lowest BCUT2D eigenvalue weighted by molar-refractivity contribution is 0.876. The molecule has 0 bridgehead atoms. The van der Waals surface area contributed by atoms with Gasteiger partial charge in [0.2, 0.25) is 5.95 Å². The molecule has 0 aliphatic rings. The largest absolute Gasteiger partial charge is 0.334 e. The van der Waals surface area contributed by atoms with Gasteiger partial charge in [0.1, 0.15) is 11.7 Å². The van der Waals surface area contributed by atoms with Crippen LogP contribution in [0.2, 0.25) is 0 Å². The molecule has 0 radical (unpaired) electrons. The average Bonchev–Trinajstić information content (AvgIpc) is 3.08. The minimum Gasteiger partial charge on any atom is -0.291 e. The first-order chi connectivity index (χ1) is 12.0. The number of H-pyrrole nitrogens is 1. The maximum atomic E-state index is 12.8. The second-order valence-corrected chi connectivity index (χ2v) is 5.82. The first-order valence-corrected chi connectivity index (χ1v) is 7.62. The Morgan fingerprint density at radius 3 is 2.52 bits per heavy atom. The standard InChI is InChI=1S/C17H14N6O2/c1-10-5-11(2)7-12(6-10)23-15(24)13-8-19-16(22-4-3-18-9-22)20-14(13)21-17(23)25/h3-9H,1-2H3,(H,19,20,21,25). The van der Waals surface area contributed by atoms with Crippen LogP contribution in [0.3, 0.4) is 0 Å². The summed E-state index contributed by atoms with van der Waals surface area (Å²) < 4.78 is 2.69. The van der Waals surface area contributed by atoms with Crippen molar-refractivity contribution in [3.8, 4) is 11.6 Å². The molecule has 25 heavy (non-hydrogen) atoms. The third kappa shape index (κ3) is 2.53. The zero-order valence-electron chi connectivity index (χ0n) is 13.6. The molecule has 0 saturated carbocycles. The number of aromatic amines is 1. The van der Waals surface area contributed by atoms with Gasteiger partial charge in [-0.3, -0.25) is 14.3 Å². The Bertz CT molecular complexity index is 1180. The lowest BCUT2D eigenvalue weighted by Crippen LogP contribution is -2.34. The van der Waals surface area contributed by atoms with Crippen molar-refractivity contribution in [1.82, 2.24) is 29.1 Å². The molecule has 4 rings (SSSR count). The van der Waals surface area contributed by atoms with Crippen molar-refractivity contribution in [3.05, 3.63) is 75.1 Å². The number of hydrogen-bond acceptors (Lipinski definition) is 5. The molecule has 3 heterocycles. The summed E-state index contributed by atoms with van der Waals surface area (Å²) in [6.07, 6.45) is 6.22. The molecule has 1 N–H and O–H groups in total. The summed E-state index contributed by atoms with van der Waals surface area (Å²) in [4.78, 5) is 40.3. The molecule has 124 valence electrons. The quantitative estimate of drug-likeness (QED) is 0.595. The van der Waals surface area contributed by atoms with Crippen LogP contribution in [0.4, 0.5) is 0 Å². The van der Waals surface area contributed by atoms with Crippen molar-refractivity contribution in [2.75, 3.05) is 0 Å². The second kappa shape index (κ2) is 5.52. The lowest BCUT2D eigenvalue weighted by atomic mass is 10.1. The van der Waals surface area contributed by atoms with Crippen LogP contribution in [0.15, 0.2) is 52.7 Å². The number of nitrogens with zero attached hydrogens (tertiary/aromatic N) is 5. The Morgan fingerprint density at radius 1 is 1.08 bits per heavy atom. The zero-order chi connectivity index (χ0) is 17.6. The first kappa shape index (κ1) is 15.0. The van der Waals surface area contributed by atoms with E-state index in [0.717, 1.165) is 15.7 Å². The third-order valence-electron chi connectivity index (χ3n) is 3.84. The summed E-state index contributed by atoms with van der Waals surface area (Å²) in [5, 5.41) is 0.239. The van der Waals surface area contributed by atoms with Gasteiger partial charge < -0.3 is 0 Å². The number of fused-ring (bicyclic) bond motifs is 1. The molecule has 0 aliphatic heterocycles. The Labute approximate surface area is 141 Å². The number of rotatable bonds is 2. The normalized spacial score (nSPS) is 11.1. The van der Waals surface area contributed by atoms with Crippen LogP contribution in [-0.4, -0.2) is 29.1 Å². The molecule has 0 unspecified atom stereocenters. The van der Waals surface area contributed by atoms with Crippen molar-refractivity contribution < 1.29 is 0 Å². The van der Waals surface area contributed by atoms with Gasteiger partial charge in [-0.25, -0.2) is 19.3 Å². The van der Waals surface area contributed by atoms with Gasteiger partial charge in [-0.05, 0) is 37.1 Å². The van der Waals surface area contributed by atoms with Gasteiger partial charge >= 0.3 is 5.69 Å². The number of nitrogens with one attached hydrogen (secondary N) is 1. The van der Waals surface area contributed by atoms with E-state index < -0.39 is 11.2 Å². The molecule has 0 spiro atoms. The smallest absolute Gasteiger partial charge is 0.291 e. The van der Waals surface area contributed by atoms with Crippen LogP contribution >= 0.6 is 0 Å². The minimum atomic E-state index is -0.544. The molecule has 0 saturated heterocycles. The highest BCUT2D eigenvalue weighted by Gasteiger charge is 2.12. The lowest BCUT2D eigenvalue weighted by Gasteiger charge is -2.09. The summed E-state index contributed by atoms with van der Waals surface area (Å²) in [6.45, 7) is 3.83. The van der Waals surface area contributed by atoms with Crippen LogP contribution in [0.1, 0.15) is 11.1 Å². The molecule has 0 amide bonds. The van der Waals surface area contributed by atoms with Crippen LogP contribution in [0.5, 0.6) is 0 Å². The van der Waals surface area contributed by atoms with Gasteiger partial charge in [0, 0.05) is 18.6 Å². The molecule has 0 atom stereocenters. The minimum absolute atomic E-state index is 0.189. The fraction of sp³-hybridized carbons (Fsp3) is 0.118. The fourth-order valence-corrected chi connectivity index (χ4v) is 2.81.